The fourth-order valence-corrected chi connectivity index (χ4v) is 3.02. The molecule has 3 atom stereocenters. The average Bonchev–Trinajstić information content (AvgIpc) is 2.80. The van der Waals surface area contributed by atoms with E-state index in [-0.39, 0.29) is 0 Å². The third-order valence-electron chi connectivity index (χ3n) is 3.99. The Labute approximate surface area is 98.5 Å². The summed E-state index contributed by atoms with van der Waals surface area (Å²) >= 11 is 0. The van der Waals surface area contributed by atoms with Crippen LogP contribution in [0.3, 0.4) is 0 Å². The summed E-state index contributed by atoms with van der Waals surface area (Å²) in [5.41, 5.74) is 1.34. The van der Waals surface area contributed by atoms with Gasteiger partial charge in [-0.2, -0.15) is 0 Å². The van der Waals surface area contributed by atoms with E-state index < -0.39 is 0 Å². The number of hydrogen-bond donors (Lipinski definition) is 1. The van der Waals surface area contributed by atoms with Crippen LogP contribution in [-0.4, -0.2) is 12.0 Å². The Balaban J connectivity index is 2.06. The predicted molar refractivity (Wildman–Crippen MR) is 67.2 cm³/mol. The van der Waals surface area contributed by atoms with Crippen LogP contribution in [0.5, 0.6) is 0 Å². The number of hydrogen-bond acceptors (Lipinski definition) is 2. The molecular weight excluding hydrogens is 196 g/mol. The Hall–Kier alpha value is -0.890. The summed E-state index contributed by atoms with van der Waals surface area (Å²) in [5.74, 6) is 1.73. The molecule has 2 nitrogen and oxygen atoms in total. The van der Waals surface area contributed by atoms with Crippen molar-refractivity contribution >= 4 is 0 Å². The van der Waals surface area contributed by atoms with Crippen molar-refractivity contribution in [1.82, 2.24) is 10.3 Å². The lowest BCUT2D eigenvalue weighted by Gasteiger charge is -2.23. The summed E-state index contributed by atoms with van der Waals surface area (Å²) in [5, 5.41) is 3.46. The SMILES string of the molecule is CCC1CCC(C(NC)c2cccnc2)C1. The first-order valence-electron chi connectivity index (χ1n) is 6.42. The first kappa shape index (κ1) is 11.6. The highest BCUT2D eigenvalue weighted by molar-refractivity contribution is 5.15. The maximum absolute atomic E-state index is 4.22. The normalized spacial score (nSPS) is 26.9. The quantitative estimate of drug-likeness (QED) is 0.839. The number of pyridine rings is 1. The van der Waals surface area contributed by atoms with E-state index in [0.29, 0.717) is 6.04 Å². The smallest absolute Gasteiger partial charge is 0.0361 e. The van der Waals surface area contributed by atoms with E-state index in [2.05, 4.69) is 30.3 Å². The van der Waals surface area contributed by atoms with Crippen LogP contribution >= 0.6 is 0 Å². The first-order chi connectivity index (χ1) is 7.85. The summed E-state index contributed by atoms with van der Waals surface area (Å²) in [6.45, 7) is 2.31. The van der Waals surface area contributed by atoms with Crippen LogP contribution in [0, 0.1) is 11.8 Å². The Morgan fingerprint density at radius 2 is 2.38 bits per heavy atom. The van der Waals surface area contributed by atoms with Crippen molar-refractivity contribution in [2.75, 3.05) is 7.05 Å². The minimum absolute atomic E-state index is 0.491. The van der Waals surface area contributed by atoms with E-state index in [1.54, 1.807) is 0 Å². The lowest BCUT2D eigenvalue weighted by atomic mass is 9.91. The Morgan fingerprint density at radius 1 is 1.50 bits per heavy atom. The van der Waals surface area contributed by atoms with E-state index in [0.717, 1.165) is 11.8 Å². The van der Waals surface area contributed by atoms with Gasteiger partial charge in [-0.05, 0) is 43.4 Å². The van der Waals surface area contributed by atoms with Crippen LogP contribution in [0.25, 0.3) is 0 Å². The molecule has 1 aromatic heterocycles. The molecule has 2 rings (SSSR count). The van der Waals surface area contributed by atoms with Gasteiger partial charge in [-0.1, -0.05) is 25.8 Å². The van der Waals surface area contributed by atoms with Crippen molar-refractivity contribution in [2.24, 2.45) is 11.8 Å². The number of nitrogens with zero attached hydrogens (tertiary/aromatic N) is 1. The van der Waals surface area contributed by atoms with Crippen molar-refractivity contribution in [1.29, 1.82) is 0 Å². The largest absolute Gasteiger partial charge is 0.313 e. The molecule has 0 aromatic carbocycles. The molecule has 0 saturated heterocycles. The van der Waals surface area contributed by atoms with Crippen LogP contribution in [0.2, 0.25) is 0 Å². The second-order valence-electron chi connectivity index (χ2n) is 4.90. The zero-order valence-corrected chi connectivity index (χ0v) is 10.3. The van der Waals surface area contributed by atoms with Crippen molar-refractivity contribution in [3.05, 3.63) is 30.1 Å². The predicted octanol–water partition coefficient (Wildman–Crippen LogP) is 3.17. The third kappa shape index (κ3) is 2.43. The second kappa shape index (κ2) is 5.44. The molecule has 1 N–H and O–H groups in total. The van der Waals surface area contributed by atoms with E-state index in [1.165, 1.54) is 31.2 Å². The van der Waals surface area contributed by atoms with Gasteiger partial charge >= 0.3 is 0 Å². The molecular formula is C14H22N2. The number of nitrogens with one attached hydrogen (secondary N) is 1. The Kier molecular flexibility index (Phi) is 3.94. The fourth-order valence-electron chi connectivity index (χ4n) is 3.02. The summed E-state index contributed by atoms with van der Waals surface area (Å²) in [4.78, 5) is 4.22. The zero-order chi connectivity index (χ0) is 11.4. The molecule has 1 aliphatic rings. The molecule has 1 aromatic rings. The van der Waals surface area contributed by atoms with Gasteiger partial charge < -0.3 is 5.32 Å². The van der Waals surface area contributed by atoms with Crippen molar-refractivity contribution in [3.8, 4) is 0 Å². The Morgan fingerprint density at radius 3 is 2.94 bits per heavy atom. The molecule has 3 unspecified atom stereocenters. The van der Waals surface area contributed by atoms with E-state index >= 15 is 0 Å². The van der Waals surface area contributed by atoms with Gasteiger partial charge in [-0.15, -0.1) is 0 Å². The molecule has 0 spiro atoms. The molecule has 1 fully saturated rings. The Bertz CT molecular complexity index is 310. The van der Waals surface area contributed by atoms with E-state index in [1.807, 2.05) is 18.5 Å². The summed E-state index contributed by atoms with van der Waals surface area (Å²) in [6, 6.07) is 4.71. The zero-order valence-electron chi connectivity index (χ0n) is 10.3. The molecule has 16 heavy (non-hydrogen) atoms. The van der Waals surface area contributed by atoms with Gasteiger partial charge in [0.25, 0.3) is 0 Å². The molecule has 1 heterocycles. The molecule has 1 saturated carbocycles. The average molecular weight is 218 g/mol. The highest BCUT2D eigenvalue weighted by Crippen LogP contribution is 2.39. The lowest BCUT2D eigenvalue weighted by molar-refractivity contribution is 0.372. The standard InChI is InChI=1S/C14H22N2/c1-3-11-6-7-12(9-11)14(15-2)13-5-4-8-16-10-13/h4-5,8,10-12,14-15H,3,6-7,9H2,1-2H3. The van der Waals surface area contributed by atoms with Crippen molar-refractivity contribution in [2.45, 2.75) is 38.6 Å². The van der Waals surface area contributed by atoms with Gasteiger partial charge in [-0.25, -0.2) is 0 Å². The van der Waals surface area contributed by atoms with Gasteiger partial charge in [0.05, 0.1) is 0 Å². The molecule has 0 aliphatic heterocycles. The fraction of sp³-hybridized carbons (Fsp3) is 0.643. The van der Waals surface area contributed by atoms with Gasteiger partial charge in [0, 0.05) is 18.4 Å². The molecule has 88 valence electrons. The summed E-state index contributed by atoms with van der Waals surface area (Å²) in [7, 11) is 2.07. The molecule has 0 radical (unpaired) electrons. The number of aromatic nitrogens is 1. The minimum Gasteiger partial charge on any atom is -0.313 e. The second-order valence-corrected chi connectivity index (χ2v) is 4.90. The van der Waals surface area contributed by atoms with E-state index in [9.17, 15) is 0 Å². The van der Waals surface area contributed by atoms with Gasteiger partial charge in [-0.3, -0.25) is 4.98 Å². The van der Waals surface area contributed by atoms with E-state index in [4.69, 9.17) is 0 Å². The van der Waals surface area contributed by atoms with Crippen LogP contribution in [0.15, 0.2) is 24.5 Å². The van der Waals surface area contributed by atoms with Gasteiger partial charge in [0.1, 0.15) is 0 Å². The topological polar surface area (TPSA) is 24.9 Å². The maximum Gasteiger partial charge on any atom is 0.0361 e. The monoisotopic (exact) mass is 218 g/mol. The molecule has 2 heteroatoms. The van der Waals surface area contributed by atoms with Crippen molar-refractivity contribution < 1.29 is 0 Å². The van der Waals surface area contributed by atoms with Gasteiger partial charge in [0.15, 0.2) is 0 Å². The summed E-state index contributed by atoms with van der Waals surface area (Å²) in [6.07, 6.45) is 9.32. The molecule has 0 amide bonds. The van der Waals surface area contributed by atoms with Crippen LogP contribution < -0.4 is 5.32 Å². The van der Waals surface area contributed by atoms with Gasteiger partial charge in [0.2, 0.25) is 0 Å². The minimum atomic E-state index is 0.491. The van der Waals surface area contributed by atoms with Crippen LogP contribution in [0.4, 0.5) is 0 Å². The highest BCUT2D eigenvalue weighted by atomic mass is 14.9. The first-order valence-corrected chi connectivity index (χ1v) is 6.42. The summed E-state index contributed by atoms with van der Waals surface area (Å²) < 4.78 is 0. The maximum atomic E-state index is 4.22. The van der Waals surface area contributed by atoms with Crippen LogP contribution in [-0.2, 0) is 0 Å². The molecule has 1 aliphatic carbocycles. The van der Waals surface area contributed by atoms with Crippen molar-refractivity contribution in [3.63, 3.8) is 0 Å². The number of rotatable bonds is 4. The van der Waals surface area contributed by atoms with Crippen LogP contribution in [0.1, 0.15) is 44.2 Å². The highest BCUT2D eigenvalue weighted by Gasteiger charge is 2.29. The lowest BCUT2D eigenvalue weighted by Crippen LogP contribution is -2.23. The molecule has 0 bridgehead atoms. The third-order valence-corrected chi connectivity index (χ3v) is 3.99.